The summed E-state index contributed by atoms with van der Waals surface area (Å²) in [6, 6.07) is 0. The van der Waals surface area contributed by atoms with E-state index in [4.69, 9.17) is 0 Å². The van der Waals surface area contributed by atoms with E-state index in [2.05, 4.69) is 0 Å². The lowest BCUT2D eigenvalue weighted by molar-refractivity contribution is -0.118. The van der Waals surface area contributed by atoms with Crippen LogP contribution in [-0.4, -0.2) is 11.5 Å². The lowest BCUT2D eigenvalue weighted by Crippen LogP contribution is -2.14. The molecular weight excluding hydrogens is 179 g/mol. The molecule has 0 spiro atoms. The Morgan fingerprint density at radius 3 is 2.71 bits per heavy atom. The molecule has 0 aromatic rings. The summed E-state index contributed by atoms with van der Waals surface area (Å²) in [6.45, 7) is 3.27. The molecule has 0 aliphatic heterocycles. The average Bonchev–Trinajstić information content (AvgIpc) is 2.25. The predicted molar refractivity (Wildman–Crippen MR) is 56.0 cm³/mol. The van der Waals surface area contributed by atoms with E-state index in [9.17, 15) is 9.18 Å². The lowest BCUT2D eigenvalue weighted by atomic mass is 9.91. The predicted octanol–water partition coefficient (Wildman–Crippen LogP) is 3.66. The summed E-state index contributed by atoms with van der Waals surface area (Å²) in [6.07, 6.45) is 6.14. The van der Waals surface area contributed by atoms with Gasteiger partial charge >= 0.3 is 0 Å². The van der Waals surface area contributed by atoms with Gasteiger partial charge in [-0.25, -0.2) is 4.39 Å². The van der Waals surface area contributed by atoms with Crippen LogP contribution in [0, 0.1) is 5.92 Å². The SMILES string of the molecule is CC(C)(F)CCC1CCCC(=O)CC1. The van der Waals surface area contributed by atoms with Gasteiger partial charge in [0.1, 0.15) is 11.5 Å². The van der Waals surface area contributed by atoms with Crippen LogP contribution in [0.2, 0.25) is 0 Å². The Hall–Kier alpha value is -0.400. The minimum atomic E-state index is -1.05. The highest BCUT2D eigenvalue weighted by molar-refractivity contribution is 5.78. The quantitative estimate of drug-likeness (QED) is 0.635. The number of alkyl halides is 1. The molecule has 1 nitrogen and oxygen atoms in total. The highest BCUT2D eigenvalue weighted by atomic mass is 19.1. The Labute approximate surface area is 86.1 Å². The molecule has 1 unspecified atom stereocenters. The van der Waals surface area contributed by atoms with Crippen molar-refractivity contribution in [3.63, 3.8) is 0 Å². The molecule has 14 heavy (non-hydrogen) atoms. The highest BCUT2D eigenvalue weighted by Crippen LogP contribution is 2.28. The van der Waals surface area contributed by atoms with Crippen molar-refractivity contribution in [2.75, 3.05) is 0 Å². The van der Waals surface area contributed by atoms with E-state index in [1.54, 1.807) is 13.8 Å². The normalized spacial score (nSPS) is 24.8. The molecule has 0 amide bonds. The smallest absolute Gasteiger partial charge is 0.132 e. The number of halogens is 1. The molecule has 0 N–H and O–H groups in total. The zero-order chi connectivity index (χ0) is 10.6. The molecule has 82 valence electrons. The van der Waals surface area contributed by atoms with E-state index in [0.717, 1.165) is 38.5 Å². The Balaban J connectivity index is 2.27. The maximum Gasteiger partial charge on any atom is 0.132 e. The minimum Gasteiger partial charge on any atom is -0.300 e. The van der Waals surface area contributed by atoms with Crippen LogP contribution in [0.25, 0.3) is 0 Å². The van der Waals surface area contributed by atoms with Crippen LogP contribution in [0.1, 0.15) is 58.8 Å². The molecule has 0 aromatic carbocycles. The first-order valence-corrected chi connectivity index (χ1v) is 5.68. The van der Waals surface area contributed by atoms with E-state index < -0.39 is 5.67 Å². The van der Waals surface area contributed by atoms with E-state index in [1.807, 2.05) is 0 Å². The molecule has 1 rings (SSSR count). The Morgan fingerprint density at radius 1 is 1.36 bits per heavy atom. The maximum atomic E-state index is 13.3. The first-order chi connectivity index (χ1) is 6.47. The van der Waals surface area contributed by atoms with E-state index in [-0.39, 0.29) is 0 Å². The zero-order valence-electron chi connectivity index (χ0n) is 9.31. The second kappa shape index (κ2) is 4.90. The van der Waals surface area contributed by atoms with Crippen molar-refractivity contribution in [1.29, 1.82) is 0 Å². The van der Waals surface area contributed by atoms with Gasteiger partial charge in [-0.2, -0.15) is 0 Å². The van der Waals surface area contributed by atoms with Gasteiger partial charge in [-0.1, -0.05) is 6.42 Å². The van der Waals surface area contributed by atoms with Gasteiger partial charge in [0, 0.05) is 12.8 Å². The number of hydrogen-bond donors (Lipinski definition) is 0. The Kier molecular flexibility index (Phi) is 4.09. The minimum absolute atomic E-state index is 0.395. The first-order valence-electron chi connectivity index (χ1n) is 5.68. The monoisotopic (exact) mass is 200 g/mol. The molecule has 1 aliphatic rings. The van der Waals surface area contributed by atoms with Gasteiger partial charge in [-0.15, -0.1) is 0 Å². The number of Topliss-reactive ketones (excluding diaryl/α,β-unsaturated/α-hetero) is 1. The fraction of sp³-hybridized carbons (Fsp3) is 0.917. The van der Waals surface area contributed by atoms with Crippen LogP contribution in [-0.2, 0) is 4.79 Å². The number of carbonyl (C=O) groups excluding carboxylic acids is 1. The van der Waals surface area contributed by atoms with Crippen molar-refractivity contribution in [2.45, 2.75) is 64.5 Å². The molecule has 2 heteroatoms. The first kappa shape index (κ1) is 11.7. The molecule has 0 saturated heterocycles. The van der Waals surface area contributed by atoms with Gasteiger partial charge in [0.25, 0.3) is 0 Å². The number of hydrogen-bond acceptors (Lipinski definition) is 1. The summed E-state index contributed by atoms with van der Waals surface area (Å²) in [5, 5.41) is 0. The van der Waals surface area contributed by atoms with Gasteiger partial charge in [0.15, 0.2) is 0 Å². The summed E-state index contributed by atoms with van der Waals surface area (Å²) in [4.78, 5) is 11.2. The van der Waals surface area contributed by atoms with Crippen LogP contribution in [0.4, 0.5) is 4.39 Å². The number of ketones is 1. The van der Waals surface area contributed by atoms with Gasteiger partial charge in [0.2, 0.25) is 0 Å². The van der Waals surface area contributed by atoms with Crippen molar-refractivity contribution in [3.05, 3.63) is 0 Å². The van der Waals surface area contributed by atoms with Crippen molar-refractivity contribution in [1.82, 2.24) is 0 Å². The van der Waals surface area contributed by atoms with E-state index in [0.29, 0.717) is 18.1 Å². The van der Waals surface area contributed by atoms with Crippen LogP contribution in [0.15, 0.2) is 0 Å². The van der Waals surface area contributed by atoms with E-state index in [1.165, 1.54) is 0 Å². The largest absolute Gasteiger partial charge is 0.300 e. The summed E-state index contributed by atoms with van der Waals surface area (Å²) >= 11 is 0. The number of rotatable bonds is 3. The van der Waals surface area contributed by atoms with Crippen LogP contribution < -0.4 is 0 Å². The van der Waals surface area contributed by atoms with Crippen LogP contribution in [0.3, 0.4) is 0 Å². The standard InChI is InChI=1S/C12H21FO/c1-12(2,13)9-8-10-4-3-5-11(14)7-6-10/h10H,3-9H2,1-2H3. The highest BCUT2D eigenvalue weighted by Gasteiger charge is 2.21. The second-order valence-corrected chi connectivity index (χ2v) is 5.09. The maximum absolute atomic E-state index is 13.3. The third-order valence-electron chi connectivity index (χ3n) is 3.05. The summed E-state index contributed by atoms with van der Waals surface area (Å²) in [7, 11) is 0. The Bertz CT molecular complexity index is 193. The average molecular weight is 200 g/mol. The third-order valence-corrected chi connectivity index (χ3v) is 3.05. The topological polar surface area (TPSA) is 17.1 Å². The zero-order valence-corrected chi connectivity index (χ0v) is 9.31. The molecule has 1 fully saturated rings. The molecule has 1 atom stereocenters. The van der Waals surface area contributed by atoms with Crippen molar-refractivity contribution >= 4 is 5.78 Å². The van der Waals surface area contributed by atoms with Gasteiger partial charge < -0.3 is 0 Å². The fourth-order valence-electron chi connectivity index (χ4n) is 2.06. The molecule has 0 heterocycles. The van der Waals surface area contributed by atoms with Crippen LogP contribution >= 0.6 is 0 Å². The van der Waals surface area contributed by atoms with Gasteiger partial charge in [-0.05, 0) is 45.4 Å². The van der Waals surface area contributed by atoms with Crippen molar-refractivity contribution in [2.24, 2.45) is 5.92 Å². The summed E-state index contributed by atoms with van der Waals surface area (Å²) < 4.78 is 13.3. The third kappa shape index (κ3) is 4.73. The lowest BCUT2D eigenvalue weighted by Gasteiger charge is -2.18. The van der Waals surface area contributed by atoms with Crippen molar-refractivity contribution in [3.8, 4) is 0 Å². The van der Waals surface area contributed by atoms with Gasteiger partial charge in [-0.3, -0.25) is 4.79 Å². The Morgan fingerprint density at radius 2 is 2.07 bits per heavy atom. The van der Waals surface area contributed by atoms with Gasteiger partial charge in [0.05, 0.1) is 0 Å². The molecule has 0 bridgehead atoms. The second-order valence-electron chi connectivity index (χ2n) is 5.09. The molecular formula is C12H21FO. The van der Waals surface area contributed by atoms with Crippen LogP contribution in [0.5, 0.6) is 0 Å². The number of carbonyl (C=O) groups is 1. The fourth-order valence-corrected chi connectivity index (χ4v) is 2.06. The van der Waals surface area contributed by atoms with E-state index >= 15 is 0 Å². The molecule has 0 radical (unpaired) electrons. The van der Waals surface area contributed by atoms with Crippen molar-refractivity contribution < 1.29 is 9.18 Å². The molecule has 1 aliphatic carbocycles. The molecule has 1 saturated carbocycles. The molecule has 0 aromatic heterocycles. The summed E-state index contributed by atoms with van der Waals surface area (Å²) in [5.41, 5.74) is -1.05. The summed E-state index contributed by atoms with van der Waals surface area (Å²) in [5.74, 6) is 0.975.